The maximum Gasteiger partial charge on any atom is 0.331 e. The van der Waals surface area contributed by atoms with Crippen LogP contribution in [0.4, 0.5) is 0 Å². The maximum atomic E-state index is 13.7. The molecule has 0 saturated heterocycles. The van der Waals surface area contributed by atoms with Crippen molar-refractivity contribution in [3.8, 4) is 5.75 Å². The summed E-state index contributed by atoms with van der Waals surface area (Å²) in [6, 6.07) is 18.8. The Kier molecular flexibility index (Phi) is 8.73. The summed E-state index contributed by atoms with van der Waals surface area (Å²) in [5, 5.41) is 5.69. The van der Waals surface area contributed by atoms with Gasteiger partial charge in [0.1, 0.15) is 11.5 Å². The molecule has 0 amide bonds. The molecule has 5 rings (SSSR count). The van der Waals surface area contributed by atoms with Gasteiger partial charge in [0.25, 0.3) is 0 Å². The summed E-state index contributed by atoms with van der Waals surface area (Å²) in [6.45, 7) is 6.07. The van der Waals surface area contributed by atoms with E-state index < -0.39 is 5.97 Å². The van der Waals surface area contributed by atoms with Crippen molar-refractivity contribution in [2.24, 2.45) is 11.1 Å². The van der Waals surface area contributed by atoms with E-state index in [1.54, 1.807) is 13.2 Å². The zero-order valence-electron chi connectivity index (χ0n) is 24.0. The molecule has 1 aromatic heterocycles. The van der Waals surface area contributed by atoms with Gasteiger partial charge in [-0.25, -0.2) is 4.79 Å². The Morgan fingerprint density at radius 2 is 1.64 bits per heavy atom. The molecule has 1 heterocycles. The fraction of sp³-hybridized carbons (Fsp3) is 0.235. The summed E-state index contributed by atoms with van der Waals surface area (Å²) in [4.78, 5) is 44.5. The maximum absolute atomic E-state index is 13.7. The molecule has 1 aliphatic carbocycles. The minimum absolute atomic E-state index is 0.0183. The van der Waals surface area contributed by atoms with Gasteiger partial charge in [-0.15, -0.1) is 11.8 Å². The van der Waals surface area contributed by atoms with Crippen LogP contribution in [0.3, 0.4) is 0 Å². The van der Waals surface area contributed by atoms with Crippen LogP contribution in [0.25, 0.3) is 21.8 Å². The van der Waals surface area contributed by atoms with Gasteiger partial charge in [0.2, 0.25) is 5.78 Å². The number of ketones is 2. The van der Waals surface area contributed by atoms with E-state index in [1.165, 1.54) is 18.7 Å². The van der Waals surface area contributed by atoms with Gasteiger partial charge in [0, 0.05) is 68.5 Å². The van der Waals surface area contributed by atoms with Crippen molar-refractivity contribution in [2.75, 3.05) is 12.9 Å². The smallest absolute Gasteiger partial charge is 0.331 e. The minimum atomic E-state index is -0.605. The second-order valence-corrected chi connectivity index (χ2v) is 11.1. The van der Waals surface area contributed by atoms with Gasteiger partial charge in [0.15, 0.2) is 5.78 Å². The van der Waals surface area contributed by atoms with Crippen molar-refractivity contribution in [1.82, 2.24) is 4.57 Å². The Labute approximate surface area is 248 Å². The van der Waals surface area contributed by atoms with Crippen LogP contribution in [0.15, 0.2) is 94.5 Å². The first-order chi connectivity index (χ1) is 20.3. The standard InChI is InChI=1S/C34H32N2O5S/c1-5-36-31-16-10-23(33(38)27-9-7-6-8-21(27)2)18-28(31)29-19-24(11-17-32(29)36)34(39)30(35-41-22(3)37)20-42-26-14-12-25(40-4)13-15-26/h6,8-19,21H,5,7,20H2,1-4H3. The lowest BCUT2D eigenvalue weighted by Crippen LogP contribution is -2.18. The van der Waals surface area contributed by atoms with Crippen molar-refractivity contribution >= 4 is 56.8 Å². The minimum Gasteiger partial charge on any atom is -0.497 e. The number of benzene rings is 3. The molecule has 1 atom stereocenters. The van der Waals surface area contributed by atoms with E-state index in [1.807, 2.05) is 67.6 Å². The van der Waals surface area contributed by atoms with E-state index >= 15 is 0 Å². The zero-order chi connectivity index (χ0) is 29.8. The quantitative estimate of drug-likeness (QED) is 0.0484. The molecule has 0 aliphatic heterocycles. The molecule has 0 bridgehead atoms. The number of nitrogens with zero attached hydrogens (tertiary/aromatic N) is 2. The van der Waals surface area contributed by atoms with Crippen molar-refractivity contribution in [1.29, 1.82) is 0 Å². The van der Waals surface area contributed by atoms with E-state index in [2.05, 4.69) is 28.8 Å². The molecule has 0 saturated carbocycles. The van der Waals surface area contributed by atoms with Crippen molar-refractivity contribution in [3.05, 3.63) is 95.6 Å². The zero-order valence-corrected chi connectivity index (χ0v) is 24.9. The fourth-order valence-electron chi connectivity index (χ4n) is 5.20. The highest BCUT2D eigenvalue weighted by Crippen LogP contribution is 2.33. The summed E-state index contributed by atoms with van der Waals surface area (Å²) in [6.07, 6.45) is 6.89. The van der Waals surface area contributed by atoms with Gasteiger partial charge >= 0.3 is 5.97 Å². The molecule has 7 nitrogen and oxygen atoms in total. The molecule has 3 aromatic carbocycles. The van der Waals surface area contributed by atoms with Gasteiger partial charge in [-0.2, -0.15) is 0 Å². The van der Waals surface area contributed by atoms with Crippen LogP contribution in [0.5, 0.6) is 5.75 Å². The third kappa shape index (κ3) is 5.94. The van der Waals surface area contributed by atoms with E-state index in [0.29, 0.717) is 11.1 Å². The molecule has 8 heteroatoms. The average molecular weight is 581 g/mol. The molecule has 1 unspecified atom stereocenters. The van der Waals surface area contributed by atoms with Gasteiger partial charge in [-0.1, -0.05) is 30.3 Å². The number of allylic oxidation sites excluding steroid dienone is 4. The first-order valence-electron chi connectivity index (χ1n) is 13.8. The Hall–Kier alpha value is -4.43. The number of ether oxygens (including phenoxy) is 1. The molecule has 42 heavy (non-hydrogen) atoms. The molecule has 0 N–H and O–H groups in total. The number of carbonyl (C=O) groups is 3. The molecule has 0 radical (unpaired) electrons. The normalized spacial score (nSPS) is 15.1. The van der Waals surface area contributed by atoms with E-state index in [-0.39, 0.29) is 28.9 Å². The molecular weight excluding hydrogens is 548 g/mol. The third-order valence-electron chi connectivity index (χ3n) is 7.34. The number of hydrogen-bond donors (Lipinski definition) is 0. The van der Waals surface area contributed by atoms with E-state index in [4.69, 9.17) is 9.57 Å². The Morgan fingerprint density at radius 3 is 2.26 bits per heavy atom. The summed E-state index contributed by atoms with van der Waals surface area (Å²) >= 11 is 1.40. The van der Waals surface area contributed by atoms with Crippen molar-refractivity contribution in [3.63, 3.8) is 0 Å². The fourth-order valence-corrected chi connectivity index (χ4v) is 6.02. The number of rotatable bonds is 10. The lowest BCUT2D eigenvalue weighted by Gasteiger charge is -2.15. The lowest BCUT2D eigenvalue weighted by atomic mass is 9.88. The number of aromatic nitrogens is 1. The van der Waals surface area contributed by atoms with Crippen LogP contribution >= 0.6 is 11.8 Å². The Morgan fingerprint density at radius 1 is 0.976 bits per heavy atom. The molecule has 214 valence electrons. The lowest BCUT2D eigenvalue weighted by molar-refractivity contribution is -0.140. The van der Waals surface area contributed by atoms with E-state index in [0.717, 1.165) is 51.0 Å². The van der Waals surface area contributed by atoms with Crippen LogP contribution < -0.4 is 4.74 Å². The van der Waals surface area contributed by atoms with Gasteiger partial charge < -0.3 is 14.1 Å². The monoisotopic (exact) mass is 580 g/mol. The Balaban J connectivity index is 1.51. The predicted molar refractivity (Wildman–Crippen MR) is 168 cm³/mol. The topological polar surface area (TPSA) is 87.0 Å². The number of aryl methyl sites for hydroxylation is 1. The summed E-state index contributed by atoms with van der Waals surface area (Å²) in [5.41, 5.74) is 3.91. The molecule has 1 aliphatic rings. The molecule has 0 spiro atoms. The number of methoxy groups -OCH3 is 1. The van der Waals surface area contributed by atoms with Gasteiger partial charge in [-0.05, 0) is 74.0 Å². The van der Waals surface area contributed by atoms with Crippen LogP contribution in [0.1, 0.15) is 47.9 Å². The predicted octanol–water partition coefficient (Wildman–Crippen LogP) is 7.42. The van der Waals surface area contributed by atoms with Crippen LogP contribution in [-0.4, -0.2) is 40.7 Å². The van der Waals surface area contributed by atoms with Crippen LogP contribution in [0, 0.1) is 5.92 Å². The highest BCUT2D eigenvalue weighted by atomic mass is 32.2. The number of thioether (sulfide) groups is 1. The number of hydrogen-bond acceptors (Lipinski definition) is 7. The first-order valence-corrected chi connectivity index (χ1v) is 14.8. The van der Waals surface area contributed by atoms with Crippen LogP contribution in [0.2, 0.25) is 0 Å². The number of Topliss-reactive ketones (excluding diaryl/α,β-unsaturated/α-hetero) is 2. The highest BCUT2D eigenvalue weighted by Gasteiger charge is 2.22. The Bertz CT molecular complexity index is 1780. The first kappa shape index (κ1) is 29.1. The second-order valence-electron chi connectivity index (χ2n) is 10.1. The summed E-state index contributed by atoms with van der Waals surface area (Å²) < 4.78 is 7.39. The summed E-state index contributed by atoms with van der Waals surface area (Å²) in [5.74, 6) is 0.0743. The second kappa shape index (κ2) is 12.6. The van der Waals surface area contributed by atoms with Crippen LogP contribution in [-0.2, 0) is 16.2 Å². The SMILES string of the molecule is CCn1c2ccc(C(=O)C3=CCC=CC3C)cc2c2cc(C(=O)C(CSc3ccc(OC)cc3)=NOC(C)=O)ccc21. The van der Waals surface area contributed by atoms with E-state index in [9.17, 15) is 14.4 Å². The molecular formula is C34H32N2O5S. The average Bonchev–Trinajstić information content (AvgIpc) is 3.33. The number of carbonyl (C=O) groups excluding carboxylic acids is 3. The molecule has 4 aromatic rings. The van der Waals surface area contributed by atoms with Gasteiger partial charge in [-0.3, -0.25) is 9.59 Å². The van der Waals surface area contributed by atoms with Gasteiger partial charge in [0.05, 0.1) is 7.11 Å². The largest absolute Gasteiger partial charge is 0.497 e. The summed E-state index contributed by atoms with van der Waals surface area (Å²) in [7, 11) is 1.60. The number of fused-ring (bicyclic) bond motifs is 3. The van der Waals surface area contributed by atoms with Crippen molar-refractivity contribution in [2.45, 2.75) is 38.6 Å². The van der Waals surface area contributed by atoms with Crippen molar-refractivity contribution < 1.29 is 24.0 Å². The highest BCUT2D eigenvalue weighted by molar-refractivity contribution is 8.00. The molecule has 0 fully saturated rings. The third-order valence-corrected chi connectivity index (χ3v) is 8.36. The number of oxime groups is 1.